The van der Waals surface area contributed by atoms with Gasteiger partial charge in [-0.2, -0.15) is 10.2 Å². The van der Waals surface area contributed by atoms with Gasteiger partial charge in [-0.15, -0.1) is 5.10 Å². The zero-order valence-corrected chi connectivity index (χ0v) is 9.68. The quantitative estimate of drug-likeness (QED) is 0.765. The van der Waals surface area contributed by atoms with E-state index in [0.717, 1.165) is 31.2 Å². The van der Waals surface area contributed by atoms with E-state index in [1.807, 2.05) is 17.7 Å². The number of rotatable bonds is 2. The van der Waals surface area contributed by atoms with Crippen LogP contribution in [0.4, 0.5) is 5.82 Å². The SMILES string of the molecule is C1=NN([C@@H]2CCN(c3cccnn3)C2)CS1. The molecule has 0 amide bonds. The maximum atomic E-state index is 4.35. The second-order valence-electron chi connectivity index (χ2n) is 3.93. The van der Waals surface area contributed by atoms with E-state index in [1.165, 1.54) is 0 Å². The van der Waals surface area contributed by atoms with Crippen LogP contribution in [0.5, 0.6) is 0 Å². The van der Waals surface area contributed by atoms with Gasteiger partial charge in [0, 0.05) is 19.3 Å². The molecule has 2 aliphatic heterocycles. The molecule has 1 aromatic heterocycles. The number of hydrogen-bond acceptors (Lipinski definition) is 6. The Morgan fingerprint density at radius 1 is 1.44 bits per heavy atom. The van der Waals surface area contributed by atoms with Crippen LogP contribution in [0.1, 0.15) is 6.42 Å². The molecular weight excluding hydrogens is 222 g/mol. The summed E-state index contributed by atoms with van der Waals surface area (Å²) in [6.45, 7) is 2.04. The first kappa shape index (κ1) is 9.89. The molecule has 0 aromatic carbocycles. The fraction of sp³-hybridized carbons (Fsp3) is 0.500. The molecule has 0 aliphatic carbocycles. The molecule has 1 atom stereocenters. The molecule has 0 N–H and O–H groups in total. The average molecular weight is 235 g/mol. The Morgan fingerprint density at radius 3 is 3.19 bits per heavy atom. The van der Waals surface area contributed by atoms with Gasteiger partial charge in [0.2, 0.25) is 0 Å². The second-order valence-corrected chi connectivity index (χ2v) is 4.73. The zero-order chi connectivity index (χ0) is 10.8. The topological polar surface area (TPSA) is 44.6 Å². The number of hydrazone groups is 1. The Kier molecular flexibility index (Phi) is 2.65. The van der Waals surface area contributed by atoms with Crippen molar-refractivity contribution in [3.05, 3.63) is 18.3 Å². The summed E-state index contributed by atoms with van der Waals surface area (Å²) in [6.07, 6.45) is 2.85. The van der Waals surface area contributed by atoms with Gasteiger partial charge in [0.05, 0.1) is 17.5 Å². The maximum absolute atomic E-state index is 4.35. The van der Waals surface area contributed by atoms with E-state index in [2.05, 4.69) is 25.2 Å². The monoisotopic (exact) mass is 235 g/mol. The molecule has 0 spiro atoms. The van der Waals surface area contributed by atoms with Crippen molar-refractivity contribution in [1.82, 2.24) is 15.2 Å². The summed E-state index contributed by atoms with van der Waals surface area (Å²) in [5, 5.41) is 14.6. The lowest BCUT2D eigenvalue weighted by molar-refractivity contribution is 0.266. The van der Waals surface area contributed by atoms with Gasteiger partial charge in [-0.25, -0.2) is 0 Å². The molecule has 2 aliphatic rings. The Labute approximate surface area is 98.5 Å². The largest absolute Gasteiger partial charge is 0.353 e. The van der Waals surface area contributed by atoms with Crippen molar-refractivity contribution in [2.75, 3.05) is 23.9 Å². The lowest BCUT2D eigenvalue weighted by Crippen LogP contribution is -2.32. The van der Waals surface area contributed by atoms with Crippen molar-refractivity contribution in [3.63, 3.8) is 0 Å². The predicted molar refractivity (Wildman–Crippen MR) is 65.4 cm³/mol. The van der Waals surface area contributed by atoms with Crippen LogP contribution in [0.2, 0.25) is 0 Å². The minimum absolute atomic E-state index is 0.522. The summed E-state index contributed by atoms with van der Waals surface area (Å²) >= 11 is 1.75. The molecule has 16 heavy (non-hydrogen) atoms. The van der Waals surface area contributed by atoms with Crippen LogP contribution in [0.3, 0.4) is 0 Å². The van der Waals surface area contributed by atoms with E-state index in [0.29, 0.717) is 6.04 Å². The van der Waals surface area contributed by atoms with Crippen LogP contribution in [-0.4, -0.2) is 45.8 Å². The smallest absolute Gasteiger partial charge is 0.151 e. The van der Waals surface area contributed by atoms with E-state index in [1.54, 1.807) is 18.0 Å². The van der Waals surface area contributed by atoms with Crippen molar-refractivity contribution in [2.45, 2.75) is 12.5 Å². The molecule has 0 unspecified atom stereocenters. The van der Waals surface area contributed by atoms with Gasteiger partial charge in [-0.3, -0.25) is 5.01 Å². The number of anilines is 1. The zero-order valence-electron chi connectivity index (χ0n) is 8.86. The molecule has 84 valence electrons. The fourth-order valence-electron chi connectivity index (χ4n) is 2.09. The van der Waals surface area contributed by atoms with Crippen molar-refractivity contribution < 1.29 is 0 Å². The molecule has 0 radical (unpaired) electrons. The highest BCUT2D eigenvalue weighted by Gasteiger charge is 2.28. The van der Waals surface area contributed by atoms with Crippen LogP contribution in [0.15, 0.2) is 23.4 Å². The van der Waals surface area contributed by atoms with Crippen LogP contribution >= 0.6 is 11.8 Å². The minimum atomic E-state index is 0.522. The van der Waals surface area contributed by atoms with Crippen molar-refractivity contribution in [3.8, 4) is 0 Å². The Bertz CT molecular complexity index is 382. The standard InChI is InChI=1S/C10H13N5S/c1-2-10(13-11-4-1)14-5-3-9(6-14)15-8-16-7-12-15/h1-2,4,7,9H,3,5-6,8H2/t9-/m1/s1. The van der Waals surface area contributed by atoms with Crippen LogP contribution in [-0.2, 0) is 0 Å². The lowest BCUT2D eigenvalue weighted by Gasteiger charge is -2.22. The normalized spacial score (nSPS) is 24.4. The second kappa shape index (κ2) is 4.29. The summed E-state index contributed by atoms with van der Waals surface area (Å²) in [5.74, 6) is 1.96. The third kappa shape index (κ3) is 1.84. The van der Waals surface area contributed by atoms with E-state index < -0.39 is 0 Å². The number of aromatic nitrogens is 2. The molecular formula is C10H13N5S. The van der Waals surface area contributed by atoms with Crippen LogP contribution in [0.25, 0.3) is 0 Å². The van der Waals surface area contributed by atoms with E-state index in [-0.39, 0.29) is 0 Å². The summed E-state index contributed by atoms with van der Waals surface area (Å²) < 4.78 is 0. The van der Waals surface area contributed by atoms with Gasteiger partial charge in [0.15, 0.2) is 5.82 Å². The highest BCUT2D eigenvalue weighted by molar-refractivity contribution is 8.12. The first-order valence-corrected chi connectivity index (χ1v) is 6.42. The highest BCUT2D eigenvalue weighted by Crippen LogP contribution is 2.24. The molecule has 5 nitrogen and oxygen atoms in total. The van der Waals surface area contributed by atoms with Gasteiger partial charge < -0.3 is 4.90 Å². The summed E-state index contributed by atoms with van der Waals surface area (Å²) in [5.41, 5.74) is 1.92. The third-order valence-corrected chi connectivity index (χ3v) is 3.60. The maximum Gasteiger partial charge on any atom is 0.151 e. The van der Waals surface area contributed by atoms with E-state index >= 15 is 0 Å². The minimum Gasteiger partial charge on any atom is -0.353 e. The van der Waals surface area contributed by atoms with E-state index in [4.69, 9.17) is 0 Å². The van der Waals surface area contributed by atoms with Gasteiger partial charge in [0.25, 0.3) is 0 Å². The summed E-state index contributed by atoms with van der Waals surface area (Å²) in [6, 6.07) is 4.46. The summed E-state index contributed by atoms with van der Waals surface area (Å²) in [4.78, 5) is 2.27. The average Bonchev–Trinajstić information content (AvgIpc) is 3.01. The number of nitrogens with zero attached hydrogens (tertiary/aromatic N) is 5. The van der Waals surface area contributed by atoms with Gasteiger partial charge in [0.1, 0.15) is 0 Å². The van der Waals surface area contributed by atoms with E-state index in [9.17, 15) is 0 Å². The van der Waals surface area contributed by atoms with Gasteiger partial charge in [-0.1, -0.05) is 11.8 Å². The molecule has 0 bridgehead atoms. The molecule has 3 heterocycles. The molecule has 3 rings (SSSR count). The Balaban J connectivity index is 1.67. The summed E-state index contributed by atoms with van der Waals surface area (Å²) in [7, 11) is 0. The fourth-order valence-corrected chi connectivity index (χ4v) is 2.78. The first-order chi connectivity index (χ1) is 7.93. The van der Waals surface area contributed by atoms with Gasteiger partial charge >= 0.3 is 0 Å². The van der Waals surface area contributed by atoms with Crippen LogP contribution in [0, 0.1) is 0 Å². The molecule has 6 heteroatoms. The molecule has 1 aromatic rings. The number of hydrogen-bond donors (Lipinski definition) is 0. The van der Waals surface area contributed by atoms with Crippen molar-refractivity contribution in [2.24, 2.45) is 5.10 Å². The highest BCUT2D eigenvalue weighted by atomic mass is 32.2. The number of thioether (sulfide) groups is 1. The predicted octanol–water partition coefficient (Wildman–Crippen LogP) is 1.00. The Morgan fingerprint density at radius 2 is 2.44 bits per heavy atom. The van der Waals surface area contributed by atoms with Crippen LogP contribution < -0.4 is 4.90 Å². The van der Waals surface area contributed by atoms with Crippen molar-refractivity contribution >= 4 is 23.1 Å². The third-order valence-electron chi connectivity index (χ3n) is 2.94. The molecule has 0 saturated carbocycles. The lowest BCUT2D eigenvalue weighted by atomic mass is 10.3. The van der Waals surface area contributed by atoms with Gasteiger partial charge in [-0.05, 0) is 18.6 Å². The first-order valence-electron chi connectivity index (χ1n) is 5.37. The molecule has 1 fully saturated rings. The Hall–Kier alpha value is -1.30. The van der Waals surface area contributed by atoms with Crippen molar-refractivity contribution in [1.29, 1.82) is 0 Å². The molecule has 1 saturated heterocycles.